The van der Waals surface area contributed by atoms with Crippen LogP contribution in [-0.2, 0) is 9.53 Å². The van der Waals surface area contributed by atoms with Gasteiger partial charge in [-0.3, -0.25) is 14.9 Å². The number of benzene rings is 2. The van der Waals surface area contributed by atoms with Gasteiger partial charge in [-0.1, -0.05) is 37.6 Å². The largest absolute Gasteiger partial charge is 0.462 e. The van der Waals surface area contributed by atoms with Crippen molar-refractivity contribution in [3.8, 4) is 6.07 Å². The Kier molecular flexibility index (Phi) is 8.08. The van der Waals surface area contributed by atoms with Crippen LogP contribution >= 0.6 is 0 Å². The number of esters is 1. The normalized spacial score (nSPS) is 10.6. The summed E-state index contributed by atoms with van der Waals surface area (Å²) in [5, 5.41) is 25.5. The number of nitriles is 1. The maximum Gasteiger partial charge on any atom is 0.340 e. The first kappa shape index (κ1) is 22.1. The SMILES string of the molecule is CCCCOC(=O)c1ccccc1N/C=C(/C#N)C(=O)Nc1ccccc1[N+](=O)[O-]. The summed E-state index contributed by atoms with van der Waals surface area (Å²) in [4.78, 5) is 35.0. The number of nitro groups is 1. The van der Waals surface area contributed by atoms with E-state index >= 15 is 0 Å². The van der Waals surface area contributed by atoms with Gasteiger partial charge in [0.1, 0.15) is 17.3 Å². The number of hydrogen-bond donors (Lipinski definition) is 2. The Morgan fingerprint density at radius 3 is 2.50 bits per heavy atom. The minimum Gasteiger partial charge on any atom is -0.462 e. The summed E-state index contributed by atoms with van der Waals surface area (Å²) in [5.74, 6) is -1.36. The lowest BCUT2D eigenvalue weighted by atomic mass is 10.1. The van der Waals surface area contributed by atoms with Crippen LogP contribution in [0.3, 0.4) is 0 Å². The number of nitrogens with zero attached hydrogens (tertiary/aromatic N) is 2. The summed E-state index contributed by atoms with van der Waals surface area (Å²) in [6, 6.07) is 13.8. The maximum atomic E-state index is 12.4. The Hall–Kier alpha value is -4.19. The molecule has 0 spiro atoms. The van der Waals surface area contributed by atoms with Crippen LogP contribution in [0, 0.1) is 21.4 Å². The standard InChI is InChI=1S/C21H20N4O5/c1-2-3-12-30-21(27)16-8-4-5-9-17(16)23-14-15(13-22)20(26)24-18-10-6-7-11-19(18)25(28)29/h4-11,14,23H,2-3,12H2,1H3,(H,24,26)/b15-14-. The summed E-state index contributed by atoms with van der Waals surface area (Å²) in [6.45, 7) is 2.27. The van der Waals surface area contributed by atoms with Gasteiger partial charge in [0.05, 0.1) is 22.8 Å². The number of amides is 1. The van der Waals surface area contributed by atoms with Crippen LogP contribution in [0.4, 0.5) is 17.1 Å². The van der Waals surface area contributed by atoms with Gasteiger partial charge in [-0.05, 0) is 24.6 Å². The van der Waals surface area contributed by atoms with Crippen LogP contribution in [0.25, 0.3) is 0 Å². The molecule has 9 nitrogen and oxygen atoms in total. The van der Waals surface area contributed by atoms with E-state index in [1.165, 1.54) is 24.3 Å². The first-order valence-electron chi connectivity index (χ1n) is 9.15. The van der Waals surface area contributed by atoms with Crippen molar-refractivity contribution < 1.29 is 19.2 Å². The second kappa shape index (κ2) is 11.0. The predicted molar refractivity (Wildman–Crippen MR) is 111 cm³/mol. The fraction of sp³-hybridized carbons (Fsp3) is 0.190. The molecule has 0 saturated carbocycles. The summed E-state index contributed by atoms with van der Waals surface area (Å²) in [5.41, 5.74) is -0.0568. The van der Waals surface area contributed by atoms with E-state index in [4.69, 9.17) is 4.74 Å². The molecule has 2 aromatic carbocycles. The zero-order valence-corrected chi connectivity index (χ0v) is 16.3. The van der Waals surface area contributed by atoms with E-state index in [0.29, 0.717) is 12.3 Å². The highest BCUT2D eigenvalue weighted by Gasteiger charge is 2.18. The van der Waals surface area contributed by atoms with E-state index < -0.39 is 16.8 Å². The van der Waals surface area contributed by atoms with Crippen molar-refractivity contribution in [2.75, 3.05) is 17.2 Å². The molecule has 2 aromatic rings. The molecular formula is C21H20N4O5. The third-order valence-corrected chi connectivity index (χ3v) is 3.96. The number of carbonyl (C=O) groups is 2. The van der Waals surface area contributed by atoms with Gasteiger partial charge in [0, 0.05) is 12.3 Å². The number of unbranched alkanes of at least 4 members (excludes halogenated alkanes) is 1. The number of carbonyl (C=O) groups excluding carboxylic acids is 2. The molecule has 0 saturated heterocycles. The monoisotopic (exact) mass is 408 g/mol. The Bertz CT molecular complexity index is 1010. The molecule has 0 aliphatic rings. The average molecular weight is 408 g/mol. The van der Waals surface area contributed by atoms with Crippen molar-refractivity contribution in [2.24, 2.45) is 0 Å². The third-order valence-electron chi connectivity index (χ3n) is 3.96. The van der Waals surface area contributed by atoms with E-state index in [1.807, 2.05) is 6.92 Å². The summed E-state index contributed by atoms with van der Waals surface area (Å²) < 4.78 is 5.20. The maximum absolute atomic E-state index is 12.4. The second-order valence-electron chi connectivity index (χ2n) is 6.08. The summed E-state index contributed by atoms with van der Waals surface area (Å²) in [6.07, 6.45) is 2.75. The van der Waals surface area contributed by atoms with Crippen molar-refractivity contribution in [1.29, 1.82) is 5.26 Å². The van der Waals surface area contributed by atoms with Gasteiger partial charge in [0.2, 0.25) is 0 Å². The molecule has 0 radical (unpaired) electrons. The molecule has 2 N–H and O–H groups in total. The van der Waals surface area contributed by atoms with Gasteiger partial charge < -0.3 is 15.4 Å². The molecule has 0 aromatic heterocycles. The lowest BCUT2D eigenvalue weighted by Crippen LogP contribution is -2.16. The van der Waals surface area contributed by atoms with Crippen LogP contribution in [0.2, 0.25) is 0 Å². The number of ether oxygens (including phenoxy) is 1. The number of nitrogens with one attached hydrogen (secondary N) is 2. The molecule has 1 amide bonds. The Balaban J connectivity index is 2.17. The van der Waals surface area contributed by atoms with Crippen molar-refractivity contribution in [2.45, 2.75) is 19.8 Å². The number of nitro benzene ring substituents is 1. The Labute approximate surface area is 173 Å². The number of rotatable bonds is 9. The summed E-state index contributed by atoms with van der Waals surface area (Å²) >= 11 is 0. The van der Waals surface area contributed by atoms with Crippen molar-refractivity contribution in [3.63, 3.8) is 0 Å². The van der Waals surface area contributed by atoms with E-state index in [1.54, 1.807) is 30.3 Å². The fourth-order valence-corrected chi connectivity index (χ4v) is 2.40. The zero-order valence-electron chi connectivity index (χ0n) is 16.3. The number of anilines is 2. The molecular weight excluding hydrogens is 388 g/mol. The molecule has 2 rings (SSSR count). The van der Waals surface area contributed by atoms with Crippen molar-refractivity contribution >= 4 is 28.9 Å². The molecule has 0 fully saturated rings. The Morgan fingerprint density at radius 2 is 1.83 bits per heavy atom. The molecule has 30 heavy (non-hydrogen) atoms. The van der Waals surface area contributed by atoms with Crippen LogP contribution < -0.4 is 10.6 Å². The van der Waals surface area contributed by atoms with Gasteiger partial charge in [-0.2, -0.15) is 5.26 Å². The van der Waals surface area contributed by atoms with Crippen LogP contribution in [0.1, 0.15) is 30.1 Å². The summed E-state index contributed by atoms with van der Waals surface area (Å²) in [7, 11) is 0. The predicted octanol–water partition coefficient (Wildman–Crippen LogP) is 4.01. The molecule has 9 heteroatoms. The number of para-hydroxylation sites is 3. The highest BCUT2D eigenvalue weighted by atomic mass is 16.6. The smallest absolute Gasteiger partial charge is 0.340 e. The topological polar surface area (TPSA) is 134 Å². The molecule has 0 aliphatic heterocycles. The Morgan fingerprint density at radius 1 is 1.17 bits per heavy atom. The lowest BCUT2D eigenvalue weighted by molar-refractivity contribution is -0.383. The molecule has 0 aliphatic carbocycles. The van der Waals surface area contributed by atoms with Crippen LogP contribution in [-0.4, -0.2) is 23.4 Å². The van der Waals surface area contributed by atoms with Gasteiger partial charge in [-0.25, -0.2) is 4.79 Å². The van der Waals surface area contributed by atoms with E-state index in [-0.39, 0.29) is 22.5 Å². The number of hydrogen-bond acceptors (Lipinski definition) is 7. The molecule has 0 bridgehead atoms. The molecule has 0 heterocycles. The minimum atomic E-state index is -0.831. The van der Waals surface area contributed by atoms with Crippen molar-refractivity contribution in [3.05, 3.63) is 76.0 Å². The van der Waals surface area contributed by atoms with Gasteiger partial charge >= 0.3 is 5.97 Å². The zero-order chi connectivity index (χ0) is 21.9. The first-order chi connectivity index (χ1) is 14.5. The van der Waals surface area contributed by atoms with Crippen LogP contribution in [0.5, 0.6) is 0 Å². The molecule has 154 valence electrons. The lowest BCUT2D eigenvalue weighted by Gasteiger charge is -2.10. The quantitative estimate of drug-likeness (QED) is 0.160. The first-order valence-corrected chi connectivity index (χ1v) is 9.15. The van der Waals surface area contributed by atoms with Crippen LogP contribution in [0.15, 0.2) is 60.3 Å². The minimum absolute atomic E-state index is 0.0337. The highest BCUT2D eigenvalue weighted by molar-refractivity contribution is 6.07. The van der Waals surface area contributed by atoms with Gasteiger partial charge in [0.25, 0.3) is 11.6 Å². The fourth-order valence-electron chi connectivity index (χ4n) is 2.40. The third kappa shape index (κ3) is 5.90. The van der Waals surface area contributed by atoms with E-state index in [0.717, 1.165) is 19.0 Å². The van der Waals surface area contributed by atoms with Gasteiger partial charge in [-0.15, -0.1) is 0 Å². The molecule has 0 unspecified atom stereocenters. The van der Waals surface area contributed by atoms with E-state index in [9.17, 15) is 25.0 Å². The molecule has 0 atom stereocenters. The highest BCUT2D eigenvalue weighted by Crippen LogP contribution is 2.24. The second-order valence-corrected chi connectivity index (χ2v) is 6.08. The average Bonchev–Trinajstić information content (AvgIpc) is 2.74. The van der Waals surface area contributed by atoms with Gasteiger partial charge in [0.15, 0.2) is 0 Å². The van der Waals surface area contributed by atoms with Crippen molar-refractivity contribution in [1.82, 2.24) is 0 Å². The van der Waals surface area contributed by atoms with E-state index in [2.05, 4.69) is 10.6 Å².